The summed E-state index contributed by atoms with van der Waals surface area (Å²) < 4.78 is 0. The normalized spacial score (nSPS) is 25.0. The fraction of sp³-hybridized carbons (Fsp3) is 0.750. The average Bonchev–Trinajstić information content (AvgIpc) is 3.28. The van der Waals surface area contributed by atoms with E-state index in [4.69, 9.17) is 0 Å². The fourth-order valence-corrected chi connectivity index (χ4v) is 4.81. The Morgan fingerprint density at radius 2 is 1.85 bits per heavy atom. The summed E-state index contributed by atoms with van der Waals surface area (Å²) in [6.07, 6.45) is 8.64. The van der Waals surface area contributed by atoms with Crippen molar-refractivity contribution in [2.75, 3.05) is 56.5 Å². The molecule has 3 fully saturated rings. The van der Waals surface area contributed by atoms with Gasteiger partial charge in [-0.3, -0.25) is 9.69 Å². The summed E-state index contributed by atoms with van der Waals surface area (Å²) >= 11 is 0. The lowest BCUT2D eigenvalue weighted by Crippen LogP contribution is -2.51. The smallest absolute Gasteiger partial charge is 0.227 e. The largest absolute Gasteiger partial charge is 0.373 e. The monoisotopic (exact) mass is 372 g/mol. The van der Waals surface area contributed by atoms with Gasteiger partial charge in [0.15, 0.2) is 0 Å². The topological polar surface area (TPSA) is 64.6 Å². The first kappa shape index (κ1) is 18.5. The number of hydrogen-bond acceptors (Lipinski definition) is 6. The quantitative estimate of drug-likeness (QED) is 0.870. The minimum atomic E-state index is 0.213. The molecule has 1 atom stereocenters. The Kier molecular flexibility index (Phi) is 5.76. The maximum atomic E-state index is 12.8. The molecule has 0 radical (unpaired) electrons. The second-order valence-electron chi connectivity index (χ2n) is 8.08. The van der Waals surface area contributed by atoms with Crippen molar-refractivity contribution in [3.63, 3.8) is 0 Å². The first-order valence-electron chi connectivity index (χ1n) is 10.5. The fourth-order valence-electron chi connectivity index (χ4n) is 4.81. The molecule has 4 rings (SSSR count). The van der Waals surface area contributed by atoms with Gasteiger partial charge < -0.3 is 15.1 Å². The van der Waals surface area contributed by atoms with Crippen LogP contribution in [0.25, 0.3) is 0 Å². The van der Waals surface area contributed by atoms with Gasteiger partial charge in [-0.25, -0.2) is 4.98 Å². The molecule has 3 aliphatic heterocycles. The average molecular weight is 373 g/mol. The van der Waals surface area contributed by atoms with Crippen LogP contribution < -0.4 is 10.2 Å². The van der Waals surface area contributed by atoms with Crippen LogP contribution in [0.4, 0.5) is 11.8 Å². The van der Waals surface area contributed by atoms with E-state index in [-0.39, 0.29) is 5.92 Å². The molecule has 27 heavy (non-hydrogen) atoms. The van der Waals surface area contributed by atoms with Gasteiger partial charge in [-0.15, -0.1) is 0 Å². The lowest BCUT2D eigenvalue weighted by molar-refractivity contribution is -0.136. The summed E-state index contributed by atoms with van der Waals surface area (Å²) in [5.74, 6) is 2.31. The van der Waals surface area contributed by atoms with E-state index in [0.29, 0.717) is 11.9 Å². The van der Waals surface area contributed by atoms with E-state index in [2.05, 4.69) is 30.0 Å². The van der Waals surface area contributed by atoms with Gasteiger partial charge in [-0.05, 0) is 51.1 Å². The van der Waals surface area contributed by atoms with Gasteiger partial charge in [0.2, 0.25) is 11.9 Å². The molecule has 0 saturated carbocycles. The van der Waals surface area contributed by atoms with Crippen LogP contribution in [0.3, 0.4) is 0 Å². The lowest BCUT2D eigenvalue weighted by Gasteiger charge is -2.42. The third-order valence-electron chi connectivity index (χ3n) is 6.38. The van der Waals surface area contributed by atoms with Crippen molar-refractivity contribution in [1.82, 2.24) is 19.8 Å². The number of hydrogen-bond donors (Lipinski definition) is 1. The molecular weight excluding hydrogens is 340 g/mol. The minimum absolute atomic E-state index is 0.213. The summed E-state index contributed by atoms with van der Waals surface area (Å²) in [5, 5.41) is 3.08. The first-order chi connectivity index (χ1) is 13.2. The van der Waals surface area contributed by atoms with Crippen molar-refractivity contribution < 1.29 is 4.79 Å². The van der Waals surface area contributed by atoms with E-state index >= 15 is 0 Å². The summed E-state index contributed by atoms with van der Waals surface area (Å²) in [7, 11) is 1.88. The number of nitrogens with one attached hydrogen (secondary N) is 1. The molecule has 4 heterocycles. The highest BCUT2D eigenvalue weighted by Gasteiger charge is 2.34. The number of nitrogens with zero attached hydrogens (tertiary/aromatic N) is 5. The number of carbonyl (C=O) groups excluding carboxylic acids is 1. The van der Waals surface area contributed by atoms with E-state index in [1.807, 2.05) is 19.3 Å². The second-order valence-corrected chi connectivity index (χ2v) is 8.08. The molecule has 0 spiro atoms. The van der Waals surface area contributed by atoms with Gasteiger partial charge in [0, 0.05) is 52.0 Å². The molecule has 1 amide bonds. The highest BCUT2D eigenvalue weighted by molar-refractivity contribution is 5.79. The van der Waals surface area contributed by atoms with Gasteiger partial charge in [0.25, 0.3) is 0 Å². The van der Waals surface area contributed by atoms with Crippen LogP contribution in [0.5, 0.6) is 0 Å². The highest BCUT2D eigenvalue weighted by atomic mass is 16.2. The maximum absolute atomic E-state index is 12.8. The van der Waals surface area contributed by atoms with E-state index < -0.39 is 0 Å². The predicted octanol–water partition coefficient (Wildman–Crippen LogP) is 1.82. The Morgan fingerprint density at radius 3 is 2.59 bits per heavy atom. The van der Waals surface area contributed by atoms with Crippen molar-refractivity contribution in [3.8, 4) is 0 Å². The standard InChI is InChI=1S/C20H32N6O/c1-21-18-6-9-22-20(23-18)25-13-7-17(8-14-25)26-12-4-5-16(15-26)19(27)24-10-2-3-11-24/h6,9,16-17H,2-5,7-8,10-15H2,1H3,(H,21,22,23)/t16-/m1/s1. The van der Waals surface area contributed by atoms with Crippen LogP contribution >= 0.6 is 0 Å². The Bertz CT molecular complexity index is 639. The summed E-state index contributed by atoms with van der Waals surface area (Å²) in [6.45, 7) is 6.00. The van der Waals surface area contributed by atoms with Crippen molar-refractivity contribution in [1.29, 1.82) is 0 Å². The second kappa shape index (κ2) is 8.42. The number of carbonyl (C=O) groups is 1. The molecule has 0 aliphatic carbocycles. The molecule has 7 nitrogen and oxygen atoms in total. The molecule has 0 bridgehead atoms. The predicted molar refractivity (Wildman–Crippen MR) is 107 cm³/mol. The molecule has 0 aromatic carbocycles. The zero-order chi connectivity index (χ0) is 18.6. The lowest BCUT2D eigenvalue weighted by atomic mass is 9.93. The number of amides is 1. The summed E-state index contributed by atoms with van der Waals surface area (Å²) in [5.41, 5.74) is 0. The molecule has 3 saturated heterocycles. The van der Waals surface area contributed by atoms with Crippen molar-refractivity contribution in [2.24, 2.45) is 5.92 Å². The van der Waals surface area contributed by atoms with Gasteiger partial charge in [-0.1, -0.05) is 0 Å². The van der Waals surface area contributed by atoms with Crippen LogP contribution in [-0.4, -0.2) is 78.0 Å². The summed E-state index contributed by atoms with van der Waals surface area (Å²) in [6, 6.07) is 2.48. The number of rotatable bonds is 4. The van der Waals surface area contributed by atoms with Gasteiger partial charge in [0.1, 0.15) is 5.82 Å². The number of aromatic nitrogens is 2. The first-order valence-corrected chi connectivity index (χ1v) is 10.5. The molecule has 3 aliphatic rings. The van der Waals surface area contributed by atoms with E-state index in [1.54, 1.807) is 0 Å². The van der Waals surface area contributed by atoms with Gasteiger partial charge >= 0.3 is 0 Å². The molecule has 1 N–H and O–H groups in total. The van der Waals surface area contributed by atoms with E-state index in [0.717, 1.165) is 76.7 Å². The minimum Gasteiger partial charge on any atom is -0.373 e. The molecule has 1 aromatic rings. The van der Waals surface area contributed by atoms with Crippen LogP contribution in [0.15, 0.2) is 12.3 Å². The highest BCUT2D eigenvalue weighted by Crippen LogP contribution is 2.27. The molecule has 0 unspecified atom stereocenters. The number of likely N-dealkylation sites (tertiary alicyclic amines) is 2. The van der Waals surface area contributed by atoms with Crippen molar-refractivity contribution >= 4 is 17.7 Å². The van der Waals surface area contributed by atoms with Gasteiger partial charge in [-0.2, -0.15) is 4.98 Å². The van der Waals surface area contributed by atoms with Gasteiger partial charge in [0.05, 0.1) is 5.92 Å². The SMILES string of the molecule is CNc1ccnc(N2CCC(N3CCC[C@@H](C(=O)N4CCCC4)C3)CC2)n1. The van der Waals surface area contributed by atoms with Crippen molar-refractivity contribution in [2.45, 2.75) is 44.6 Å². The van der Waals surface area contributed by atoms with Crippen LogP contribution in [0.2, 0.25) is 0 Å². The zero-order valence-corrected chi connectivity index (χ0v) is 16.4. The Balaban J connectivity index is 1.31. The molecular formula is C20H32N6O. The van der Waals surface area contributed by atoms with E-state index in [9.17, 15) is 4.79 Å². The van der Waals surface area contributed by atoms with Crippen LogP contribution in [-0.2, 0) is 4.79 Å². The van der Waals surface area contributed by atoms with E-state index in [1.165, 1.54) is 12.8 Å². The molecule has 7 heteroatoms. The van der Waals surface area contributed by atoms with Crippen LogP contribution in [0, 0.1) is 5.92 Å². The Morgan fingerprint density at radius 1 is 1.07 bits per heavy atom. The molecule has 148 valence electrons. The number of anilines is 2. The zero-order valence-electron chi connectivity index (χ0n) is 16.4. The summed E-state index contributed by atoms with van der Waals surface area (Å²) in [4.78, 5) is 28.8. The molecule has 1 aromatic heterocycles. The maximum Gasteiger partial charge on any atom is 0.227 e. The van der Waals surface area contributed by atoms with Crippen molar-refractivity contribution in [3.05, 3.63) is 12.3 Å². The Labute approximate surface area is 162 Å². The Hall–Kier alpha value is -1.89. The van der Waals surface area contributed by atoms with Crippen LogP contribution in [0.1, 0.15) is 38.5 Å². The third-order valence-corrected chi connectivity index (χ3v) is 6.38. The number of piperidine rings is 2. The third kappa shape index (κ3) is 4.18.